The molecule has 0 aliphatic rings. The average molecular weight is 279 g/mol. The summed E-state index contributed by atoms with van der Waals surface area (Å²) < 4.78 is 11.2. The largest absolute Gasteiger partial charge is 0.497 e. The van der Waals surface area contributed by atoms with Crippen LogP contribution in [0, 0.1) is 5.41 Å². The van der Waals surface area contributed by atoms with Crippen molar-refractivity contribution in [2.24, 2.45) is 11.1 Å². The van der Waals surface area contributed by atoms with Gasteiger partial charge in [-0.3, -0.25) is 0 Å². The molecule has 0 heterocycles. The van der Waals surface area contributed by atoms with Gasteiger partial charge in [-0.05, 0) is 48.4 Å². The maximum atomic E-state index is 6.07. The van der Waals surface area contributed by atoms with Crippen LogP contribution in [0.1, 0.15) is 46.1 Å². The third kappa shape index (κ3) is 5.83. The van der Waals surface area contributed by atoms with Gasteiger partial charge < -0.3 is 15.2 Å². The van der Waals surface area contributed by atoms with Crippen molar-refractivity contribution in [3.63, 3.8) is 0 Å². The van der Waals surface area contributed by atoms with Crippen LogP contribution in [0.4, 0.5) is 0 Å². The first-order valence-electron chi connectivity index (χ1n) is 7.41. The van der Waals surface area contributed by atoms with Crippen LogP contribution in [0.2, 0.25) is 0 Å². The van der Waals surface area contributed by atoms with Crippen LogP contribution in [-0.4, -0.2) is 19.8 Å². The van der Waals surface area contributed by atoms with E-state index in [9.17, 15) is 0 Å². The Morgan fingerprint density at radius 1 is 1.25 bits per heavy atom. The van der Waals surface area contributed by atoms with Gasteiger partial charge in [-0.2, -0.15) is 0 Å². The first kappa shape index (κ1) is 16.8. The maximum absolute atomic E-state index is 6.07. The highest BCUT2D eigenvalue weighted by Crippen LogP contribution is 2.27. The van der Waals surface area contributed by atoms with E-state index in [0.717, 1.165) is 42.9 Å². The molecule has 0 saturated heterocycles. The topological polar surface area (TPSA) is 44.5 Å². The van der Waals surface area contributed by atoms with E-state index in [4.69, 9.17) is 15.2 Å². The lowest BCUT2D eigenvalue weighted by Crippen LogP contribution is -2.22. The Labute approximate surface area is 123 Å². The van der Waals surface area contributed by atoms with Gasteiger partial charge in [0, 0.05) is 6.04 Å². The van der Waals surface area contributed by atoms with Crippen molar-refractivity contribution in [2.45, 2.75) is 53.0 Å². The number of hydrogen-bond donors (Lipinski definition) is 1. The Morgan fingerprint density at radius 3 is 2.50 bits per heavy atom. The first-order chi connectivity index (χ1) is 9.35. The summed E-state index contributed by atoms with van der Waals surface area (Å²) >= 11 is 0. The van der Waals surface area contributed by atoms with Crippen LogP contribution in [-0.2, 0) is 6.42 Å². The van der Waals surface area contributed by atoms with Crippen molar-refractivity contribution in [2.75, 3.05) is 13.7 Å². The third-order valence-electron chi connectivity index (χ3n) is 3.38. The molecule has 1 unspecified atom stereocenters. The molecule has 3 heteroatoms. The van der Waals surface area contributed by atoms with Crippen LogP contribution in [0.3, 0.4) is 0 Å². The highest BCUT2D eigenvalue weighted by molar-refractivity contribution is 5.40. The summed E-state index contributed by atoms with van der Waals surface area (Å²) in [5.41, 5.74) is 7.48. The second-order valence-electron chi connectivity index (χ2n) is 6.51. The van der Waals surface area contributed by atoms with Crippen LogP contribution in [0.15, 0.2) is 18.2 Å². The number of ether oxygens (including phenoxy) is 2. The van der Waals surface area contributed by atoms with E-state index in [0.29, 0.717) is 0 Å². The molecule has 1 aromatic carbocycles. The maximum Gasteiger partial charge on any atom is 0.122 e. The average Bonchev–Trinajstić information content (AvgIpc) is 2.38. The third-order valence-corrected chi connectivity index (χ3v) is 3.38. The minimum absolute atomic E-state index is 0.159. The highest BCUT2D eigenvalue weighted by Gasteiger charge is 2.13. The second-order valence-corrected chi connectivity index (χ2v) is 6.51. The predicted molar refractivity (Wildman–Crippen MR) is 84.5 cm³/mol. The Hall–Kier alpha value is -1.22. The fraction of sp³-hybridized carbons (Fsp3) is 0.647. The molecule has 0 bridgehead atoms. The molecule has 1 atom stereocenters. The Morgan fingerprint density at radius 2 is 1.95 bits per heavy atom. The molecule has 0 aliphatic heterocycles. The van der Waals surface area contributed by atoms with E-state index < -0.39 is 0 Å². The van der Waals surface area contributed by atoms with Gasteiger partial charge >= 0.3 is 0 Å². The van der Waals surface area contributed by atoms with E-state index in [1.165, 1.54) is 0 Å². The summed E-state index contributed by atoms with van der Waals surface area (Å²) in [4.78, 5) is 0. The van der Waals surface area contributed by atoms with Crippen molar-refractivity contribution < 1.29 is 9.47 Å². The molecule has 0 spiro atoms. The zero-order chi connectivity index (χ0) is 15.2. The monoisotopic (exact) mass is 279 g/mol. The van der Waals surface area contributed by atoms with E-state index >= 15 is 0 Å². The number of nitrogens with two attached hydrogens (primary N) is 1. The van der Waals surface area contributed by atoms with Crippen molar-refractivity contribution in [3.8, 4) is 11.5 Å². The van der Waals surface area contributed by atoms with Gasteiger partial charge in [0.15, 0.2) is 0 Å². The SMILES string of the molecule is CCC(N)Cc1cc(OC)ccc1OCCC(C)(C)C. The minimum atomic E-state index is 0.159. The Bertz CT molecular complexity index is 410. The van der Waals surface area contributed by atoms with Gasteiger partial charge in [0.2, 0.25) is 0 Å². The molecule has 0 aliphatic carbocycles. The molecular formula is C17H29NO2. The molecular weight excluding hydrogens is 250 g/mol. The normalized spacial score (nSPS) is 13.1. The van der Waals surface area contributed by atoms with Gasteiger partial charge in [0.25, 0.3) is 0 Å². The molecule has 0 fully saturated rings. The zero-order valence-corrected chi connectivity index (χ0v) is 13.5. The standard InChI is InChI=1S/C17H29NO2/c1-6-14(18)11-13-12-15(19-5)7-8-16(13)20-10-9-17(2,3)4/h7-8,12,14H,6,9-11,18H2,1-5H3. The molecule has 1 rings (SSSR count). The van der Waals surface area contributed by atoms with E-state index in [2.05, 4.69) is 27.7 Å². The molecule has 0 saturated carbocycles. The summed E-state index contributed by atoms with van der Waals surface area (Å²) in [5, 5.41) is 0. The lowest BCUT2D eigenvalue weighted by molar-refractivity contribution is 0.241. The van der Waals surface area contributed by atoms with Gasteiger partial charge in [-0.15, -0.1) is 0 Å². The quantitative estimate of drug-likeness (QED) is 0.826. The van der Waals surface area contributed by atoms with Crippen molar-refractivity contribution in [1.29, 1.82) is 0 Å². The summed E-state index contributed by atoms with van der Waals surface area (Å²) in [7, 11) is 1.68. The van der Waals surface area contributed by atoms with E-state index in [1.54, 1.807) is 7.11 Å². The lowest BCUT2D eigenvalue weighted by Gasteiger charge is -2.20. The zero-order valence-electron chi connectivity index (χ0n) is 13.5. The van der Waals surface area contributed by atoms with Crippen LogP contribution < -0.4 is 15.2 Å². The fourth-order valence-corrected chi connectivity index (χ4v) is 1.88. The summed E-state index contributed by atoms with van der Waals surface area (Å²) in [5.74, 6) is 1.78. The van der Waals surface area contributed by atoms with E-state index in [1.807, 2.05) is 18.2 Å². The molecule has 1 aromatic rings. The summed E-state index contributed by atoms with van der Waals surface area (Å²) in [6.45, 7) is 9.49. The number of rotatable bonds is 7. The Kier molecular flexibility index (Phi) is 6.34. The van der Waals surface area contributed by atoms with E-state index in [-0.39, 0.29) is 11.5 Å². The van der Waals surface area contributed by atoms with Crippen LogP contribution in [0.5, 0.6) is 11.5 Å². The molecule has 0 amide bonds. The highest BCUT2D eigenvalue weighted by atomic mass is 16.5. The van der Waals surface area contributed by atoms with Gasteiger partial charge in [-0.1, -0.05) is 27.7 Å². The summed E-state index contributed by atoms with van der Waals surface area (Å²) in [6, 6.07) is 6.11. The number of hydrogen-bond acceptors (Lipinski definition) is 3. The van der Waals surface area contributed by atoms with Crippen LogP contribution in [0.25, 0.3) is 0 Å². The van der Waals surface area contributed by atoms with Gasteiger partial charge in [-0.25, -0.2) is 0 Å². The summed E-state index contributed by atoms with van der Waals surface area (Å²) in [6.07, 6.45) is 2.80. The Balaban J connectivity index is 2.77. The number of methoxy groups -OCH3 is 1. The van der Waals surface area contributed by atoms with Crippen LogP contribution >= 0.6 is 0 Å². The van der Waals surface area contributed by atoms with Gasteiger partial charge in [0.1, 0.15) is 11.5 Å². The van der Waals surface area contributed by atoms with Crippen molar-refractivity contribution in [1.82, 2.24) is 0 Å². The fourth-order valence-electron chi connectivity index (χ4n) is 1.88. The van der Waals surface area contributed by atoms with Crippen molar-refractivity contribution >= 4 is 0 Å². The molecule has 3 nitrogen and oxygen atoms in total. The lowest BCUT2D eigenvalue weighted by atomic mass is 9.93. The number of benzene rings is 1. The molecule has 20 heavy (non-hydrogen) atoms. The minimum Gasteiger partial charge on any atom is -0.497 e. The molecule has 2 N–H and O–H groups in total. The predicted octanol–water partition coefficient (Wildman–Crippen LogP) is 3.79. The first-order valence-corrected chi connectivity index (χ1v) is 7.41. The molecule has 114 valence electrons. The smallest absolute Gasteiger partial charge is 0.122 e. The van der Waals surface area contributed by atoms with Crippen molar-refractivity contribution in [3.05, 3.63) is 23.8 Å². The second kappa shape index (κ2) is 7.53. The van der Waals surface area contributed by atoms with Gasteiger partial charge in [0.05, 0.1) is 13.7 Å². The molecule has 0 radical (unpaired) electrons. The molecule has 0 aromatic heterocycles.